The Morgan fingerprint density at radius 1 is 0.950 bits per heavy atom. The van der Waals surface area contributed by atoms with E-state index in [0.29, 0.717) is 25.1 Å². The molecular weight excluding hydrogens is 536 g/mol. The van der Waals surface area contributed by atoms with Gasteiger partial charge in [-0.2, -0.15) is 12.6 Å². The Morgan fingerprint density at radius 3 is 2.33 bits per heavy atom. The predicted octanol–water partition coefficient (Wildman–Crippen LogP) is -0.399. The van der Waals surface area contributed by atoms with E-state index < -0.39 is 47.9 Å². The minimum absolute atomic E-state index is 0.0584. The van der Waals surface area contributed by atoms with Crippen molar-refractivity contribution >= 4 is 47.2 Å². The molecule has 0 saturated carbocycles. The monoisotopic (exact) mass is 572 g/mol. The molecule has 0 aliphatic heterocycles. The van der Waals surface area contributed by atoms with Crippen molar-refractivity contribution in [1.82, 2.24) is 30.9 Å². The van der Waals surface area contributed by atoms with Crippen LogP contribution in [0.25, 0.3) is 10.9 Å². The fraction of sp³-hybridized carbons (Fsp3) is 0.423. The highest BCUT2D eigenvalue weighted by Gasteiger charge is 2.30. The number of thiol groups is 1. The van der Waals surface area contributed by atoms with Crippen LogP contribution >= 0.6 is 12.6 Å². The largest absolute Gasteiger partial charge is 0.480 e. The second-order valence-corrected chi connectivity index (χ2v) is 9.81. The van der Waals surface area contributed by atoms with E-state index >= 15 is 0 Å². The van der Waals surface area contributed by atoms with Crippen molar-refractivity contribution in [3.05, 3.63) is 54.2 Å². The molecular formula is C26H36N8O5S. The Hall–Kier alpha value is -3.88. The number of carbonyl (C=O) groups excluding carboxylic acids is 3. The molecule has 14 heteroatoms. The summed E-state index contributed by atoms with van der Waals surface area (Å²) in [5.41, 5.74) is 14.2. The first-order chi connectivity index (χ1) is 19.2. The van der Waals surface area contributed by atoms with Gasteiger partial charge in [-0.25, -0.2) is 9.78 Å². The van der Waals surface area contributed by atoms with Crippen LogP contribution < -0.4 is 27.4 Å². The van der Waals surface area contributed by atoms with Crippen molar-refractivity contribution in [2.45, 2.75) is 56.3 Å². The van der Waals surface area contributed by atoms with Crippen LogP contribution in [-0.4, -0.2) is 80.2 Å². The summed E-state index contributed by atoms with van der Waals surface area (Å²) in [6.45, 7) is 0.392. The molecule has 13 nitrogen and oxygen atoms in total. The number of hydrogen-bond acceptors (Lipinski definition) is 8. The summed E-state index contributed by atoms with van der Waals surface area (Å²) in [5.74, 6) is -3.22. The van der Waals surface area contributed by atoms with E-state index in [0.717, 1.165) is 16.5 Å². The summed E-state index contributed by atoms with van der Waals surface area (Å²) in [6.07, 6.45) is 6.40. The molecule has 0 bridgehead atoms. The molecule has 0 fully saturated rings. The molecule has 0 spiro atoms. The molecule has 4 unspecified atom stereocenters. The van der Waals surface area contributed by atoms with Crippen LogP contribution in [0.4, 0.5) is 0 Å². The number of H-pyrrole nitrogens is 2. The number of aromatic amines is 2. The number of carbonyl (C=O) groups is 4. The molecule has 40 heavy (non-hydrogen) atoms. The van der Waals surface area contributed by atoms with Crippen molar-refractivity contribution < 1.29 is 24.3 Å². The van der Waals surface area contributed by atoms with E-state index in [4.69, 9.17) is 11.5 Å². The molecule has 0 aliphatic rings. The topological polar surface area (TPSA) is 221 Å². The number of aliphatic carboxylic acids is 1. The van der Waals surface area contributed by atoms with Gasteiger partial charge in [0.05, 0.1) is 12.4 Å². The van der Waals surface area contributed by atoms with Gasteiger partial charge in [-0.15, -0.1) is 0 Å². The lowest BCUT2D eigenvalue weighted by Gasteiger charge is -2.25. The lowest BCUT2D eigenvalue weighted by atomic mass is 10.0. The summed E-state index contributed by atoms with van der Waals surface area (Å²) >= 11 is 3.97. The molecule has 4 atom stereocenters. The highest BCUT2D eigenvalue weighted by atomic mass is 32.1. The van der Waals surface area contributed by atoms with Crippen molar-refractivity contribution in [1.29, 1.82) is 0 Å². The Morgan fingerprint density at radius 2 is 1.65 bits per heavy atom. The van der Waals surface area contributed by atoms with Crippen molar-refractivity contribution in [2.24, 2.45) is 11.5 Å². The number of fused-ring (bicyclic) bond motifs is 1. The van der Waals surface area contributed by atoms with Crippen LogP contribution in [0.15, 0.2) is 43.0 Å². The minimum atomic E-state index is -1.25. The number of aromatic nitrogens is 3. The summed E-state index contributed by atoms with van der Waals surface area (Å²) in [4.78, 5) is 60.9. The predicted molar refractivity (Wildman–Crippen MR) is 152 cm³/mol. The van der Waals surface area contributed by atoms with Gasteiger partial charge in [-0.3, -0.25) is 14.4 Å². The second kappa shape index (κ2) is 15.1. The second-order valence-electron chi connectivity index (χ2n) is 9.44. The van der Waals surface area contributed by atoms with E-state index in [1.165, 1.54) is 12.5 Å². The lowest BCUT2D eigenvalue weighted by molar-refractivity contribution is -0.141. The number of nitrogens with zero attached hydrogens (tertiary/aromatic N) is 1. The van der Waals surface area contributed by atoms with Crippen LogP contribution in [0.5, 0.6) is 0 Å². The molecule has 10 N–H and O–H groups in total. The number of carboxylic acids is 1. The molecule has 0 radical (unpaired) electrons. The van der Waals surface area contributed by atoms with Crippen molar-refractivity contribution in [3.63, 3.8) is 0 Å². The quantitative estimate of drug-likeness (QED) is 0.0810. The molecule has 2 heterocycles. The maximum atomic E-state index is 13.4. The standard InChI is InChI=1S/C26H36N8O5S/c27-8-4-3-7-20(24(36)34-22(13-40)26(38)39)32-25(37)21(10-16-12-29-14-31-16)33-23(35)18(28)9-15-11-30-19-6-2-1-5-17(15)19/h1-2,5-6,11-12,14,18,20-22,30,40H,3-4,7-10,13,27-28H2,(H,29,31)(H,32,37)(H,33,35)(H,34,36)(H,38,39). The normalized spacial score (nSPS) is 14.2. The van der Waals surface area contributed by atoms with Crippen molar-refractivity contribution in [2.75, 3.05) is 12.3 Å². The highest BCUT2D eigenvalue weighted by Crippen LogP contribution is 2.19. The molecule has 2 aromatic heterocycles. The smallest absolute Gasteiger partial charge is 0.327 e. The van der Waals surface area contributed by atoms with Gasteiger partial charge >= 0.3 is 5.97 Å². The van der Waals surface area contributed by atoms with Crippen LogP contribution in [-0.2, 0) is 32.0 Å². The van der Waals surface area contributed by atoms with E-state index in [9.17, 15) is 24.3 Å². The lowest BCUT2D eigenvalue weighted by Crippen LogP contribution is -2.58. The van der Waals surface area contributed by atoms with E-state index in [2.05, 4.69) is 43.5 Å². The summed E-state index contributed by atoms with van der Waals surface area (Å²) in [5, 5.41) is 18.0. The molecule has 0 aliphatic carbocycles. The third-order valence-corrected chi connectivity index (χ3v) is 6.81. The number of amides is 3. The van der Waals surface area contributed by atoms with Gasteiger partial charge in [-0.1, -0.05) is 18.2 Å². The number of nitrogens with one attached hydrogen (secondary N) is 5. The van der Waals surface area contributed by atoms with E-state index in [1.807, 2.05) is 24.3 Å². The van der Waals surface area contributed by atoms with Crippen LogP contribution in [0.3, 0.4) is 0 Å². The molecule has 3 amide bonds. The first-order valence-electron chi connectivity index (χ1n) is 13.0. The first kappa shape index (κ1) is 30.7. The Bertz CT molecular complexity index is 1280. The Balaban J connectivity index is 1.73. The zero-order valence-electron chi connectivity index (χ0n) is 21.9. The van der Waals surface area contributed by atoms with Gasteiger partial charge < -0.3 is 42.5 Å². The highest BCUT2D eigenvalue weighted by molar-refractivity contribution is 7.80. The molecule has 0 saturated heterocycles. The van der Waals surface area contributed by atoms with Gasteiger partial charge in [0, 0.05) is 41.2 Å². The summed E-state index contributed by atoms with van der Waals surface area (Å²) in [7, 11) is 0. The van der Waals surface area contributed by atoms with Crippen LogP contribution in [0, 0.1) is 0 Å². The van der Waals surface area contributed by atoms with Gasteiger partial charge in [-0.05, 0) is 43.9 Å². The molecule has 1 aromatic carbocycles. The molecule has 216 valence electrons. The number of hydrogen-bond donors (Lipinski definition) is 9. The Kier molecular flexibility index (Phi) is 11.5. The number of benzene rings is 1. The fourth-order valence-electron chi connectivity index (χ4n) is 4.23. The van der Waals surface area contributed by atoms with Crippen LogP contribution in [0.1, 0.15) is 30.5 Å². The third kappa shape index (κ3) is 8.56. The maximum Gasteiger partial charge on any atom is 0.327 e. The number of rotatable bonds is 16. The SMILES string of the molecule is NCCCCC(NC(=O)C(Cc1cnc[nH]1)NC(=O)C(N)Cc1c[nH]c2ccccc12)C(=O)NC(CS)C(=O)O. The average Bonchev–Trinajstić information content (AvgIpc) is 3.60. The van der Waals surface area contributed by atoms with Gasteiger partial charge in [0.25, 0.3) is 0 Å². The van der Waals surface area contributed by atoms with Crippen LogP contribution in [0.2, 0.25) is 0 Å². The number of para-hydroxylation sites is 1. The zero-order chi connectivity index (χ0) is 29.1. The fourth-order valence-corrected chi connectivity index (χ4v) is 4.47. The summed E-state index contributed by atoms with van der Waals surface area (Å²) < 4.78 is 0. The van der Waals surface area contributed by atoms with Gasteiger partial charge in [0.1, 0.15) is 18.1 Å². The number of imidazole rings is 1. The molecule has 3 rings (SSSR count). The molecule has 3 aromatic rings. The Labute approximate surface area is 236 Å². The minimum Gasteiger partial charge on any atom is -0.480 e. The number of unbranched alkanes of at least 4 members (excludes halogenated alkanes) is 1. The number of carboxylic acid groups (broad SMARTS) is 1. The van der Waals surface area contributed by atoms with E-state index in [1.54, 1.807) is 6.20 Å². The van der Waals surface area contributed by atoms with E-state index in [-0.39, 0.29) is 25.0 Å². The van der Waals surface area contributed by atoms with Gasteiger partial charge in [0.15, 0.2) is 0 Å². The number of nitrogens with two attached hydrogens (primary N) is 2. The third-order valence-electron chi connectivity index (χ3n) is 6.44. The summed E-state index contributed by atoms with van der Waals surface area (Å²) in [6, 6.07) is 3.32. The zero-order valence-corrected chi connectivity index (χ0v) is 22.8. The maximum absolute atomic E-state index is 13.4. The first-order valence-corrected chi connectivity index (χ1v) is 13.6. The average molecular weight is 573 g/mol. The van der Waals surface area contributed by atoms with Gasteiger partial charge in [0.2, 0.25) is 17.7 Å². The van der Waals surface area contributed by atoms with Crippen molar-refractivity contribution in [3.8, 4) is 0 Å².